The van der Waals surface area contributed by atoms with E-state index in [9.17, 15) is 4.79 Å². The van der Waals surface area contributed by atoms with E-state index < -0.39 is 12.0 Å². The van der Waals surface area contributed by atoms with Gasteiger partial charge in [0.25, 0.3) is 0 Å². The summed E-state index contributed by atoms with van der Waals surface area (Å²) in [6.07, 6.45) is 1.79. The van der Waals surface area contributed by atoms with Crippen LogP contribution in [0.1, 0.15) is 5.69 Å². The Morgan fingerprint density at radius 1 is 1.48 bits per heavy atom. The summed E-state index contributed by atoms with van der Waals surface area (Å²) in [6.45, 7) is 0.845. The monoisotopic (exact) mass is 310 g/mol. The van der Waals surface area contributed by atoms with E-state index in [4.69, 9.17) is 27.2 Å². The Balaban J connectivity index is 1.83. The third-order valence-corrected chi connectivity index (χ3v) is 3.06. The highest BCUT2D eigenvalue weighted by atomic mass is 35.5. The normalized spacial score (nSPS) is 12.1. The summed E-state index contributed by atoms with van der Waals surface area (Å²) in [5.41, 5.74) is 5.96. The van der Waals surface area contributed by atoms with E-state index in [0.717, 1.165) is 0 Å². The Bertz CT molecular complexity index is 617. The van der Waals surface area contributed by atoms with Gasteiger partial charge in [0.15, 0.2) is 0 Å². The second-order valence-electron chi connectivity index (χ2n) is 4.40. The van der Waals surface area contributed by atoms with Gasteiger partial charge in [-0.05, 0) is 12.1 Å². The van der Waals surface area contributed by atoms with Crippen LogP contribution >= 0.6 is 11.6 Å². The Kier molecular flexibility index (Phi) is 5.13. The number of halogens is 1. The number of carbonyl (C=O) groups is 1. The summed E-state index contributed by atoms with van der Waals surface area (Å²) in [5.74, 6) is -0.459. The first-order valence-corrected chi connectivity index (χ1v) is 6.69. The number of aliphatic carboxylic acids is 1. The van der Waals surface area contributed by atoms with Gasteiger partial charge >= 0.3 is 5.97 Å². The summed E-state index contributed by atoms with van der Waals surface area (Å²) in [6, 6.07) is 6.21. The average molecular weight is 311 g/mol. The Morgan fingerprint density at radius 2 is 2.24 bits per heavy atom. The largest absolute Gasteiger partial charge is 0.490 e. The van der Waals surface area contributed by atoms with Crippen molar-refractivity contribution in [2.24, 2.45) is 5.73 Å². The van der Waals surface area contributed by atoms with Gasteiger partial charge in [0, 0.05) is 12.6 Å². The zero-order valence-corrected chi connectivity index (χ0v) is 11.9. The van der Waals surface area contributed by atoms with Gasteiger partial charge in [-0.25, -0.2) is 4.68 Å². The fraction of sp³-hybridized carbons (Fsp3) is 0.308. The minimum Gasteiger partial charge on any atom is -0.490 e. The number of nitrogens with two attached hydrogens (primary N) is 1. The molecule has 1 aromatic carbocycles. The van der Waals surface area contributed by atoms with Crippen LogP contribution in [0.2, 0.25) is 5.02 Å². The van der Waals surface area contributed by atoms with Crippen LogP contribution in [0.3, 0.4) is 0 Å². The van der Waals surface area contributed by atoms with E-state index in [2.05, 4.69) is 10.3 Å². The molecule has 0 aliphatic rings. The summed E-state index contributed by atoms with van der Waals surface area (Å²) in [5, 5.41) is 17.0. The topological polar surface area (TPSA) is 103 Å². The lowest BCUT2D eigenvalue weighted by atomic mass is 10.2. The molecule has 112 valence electrons. The third-order valence-electron chi connectivity index (χ3n) is 2.75. The van der Waals surface area contributed by atoms with Gasteiger partial charge < -0.3 is 15.6 Å². The van der Waals surface area contributed by atoms with Crippen LogP contribution in [0.25, 0.3) is 0 Å². The highest BCUT2D eigenvalue weighted by Gasteiger charge is 2.14. The van der Waals surface area contributed by atoms with Crippen LogP contribution < -0.4 is 10.5 Å². The molecule has 2 rings (SSSR count). The van der Waals surface area contributed by atoms with Gasteiger partial charge in [-0.2, -0.15) is 0 Å². The number of hydrogen-bond acceptors (Lipinski definition) is 5. The number of nitrogens with zero attached hydrogens (tertiary/aromatic N) is 3. The average Bonchev–Trinajstić information content (AvgIpc) is 2.88. The number of carboxylic acid groups (broad SMARTS) is 1. The summed E-state index contributed by atoms with van der Waals surface area (Å²) < 4.78 is 7.10. The number of aromatic nitrogens is 3. The molecule has 0 aliphatic carbocycles. The highest BCUT2D eigenvalue weighted by Crippen LogP contribution is 2.22. The smallest absolute Gasteiger partial charge is 0.320 e. The lowest BCUT2D eigenvalue weighted by Crippen LogP contribution is -2.32. The first kappa shape index (κ1) is 15.3. The van der Waals surface area contributed by atoms with E-state index in [-0.39, 0.29) is 6.42 Å². The fourth-order valence-electron chi connectivity index (χ4n) is 1.66. The second kappa shape index (κ2) is 7.05. The highest BCUT2D eigenvalue weighted by molar-refractivity contribution is 6.32. The van der Waals surface area contributed by atoms with Gasteiger partial charge in [-0.1, -0.05) is 28.9 Å². The van der Waals surface area contributed by atoms with Crippen molar-refractivity contribution in [3.8, 4) is 5.75 Å². The molecule has 1 unspecified atom stereocenters. The number of para-hydroxylation sites is 1. The van der Waals surface area contributed by atoms with E-state index in [1.165, 1.54) is 0 Å². The molecule has 21 heavy (non-hydrogen) atoms. The van der Waals surface area contributed by atoms with Crippen molar-refractivity contribution in [1.82, 2.24) is 15.0 Å². The van der Waals surface area contributed by atoms with Gasteiger partial charge in [-0.3, -0.25) is 4.79 Å². The minimum absolute atomic E-state index is 0.140. The third kappa shape index (κ3) is 4.44. The van der Waals surface area contributed by atoms with E-state index >= 15 is 0 Å². The van der Waals surface area contributed by atoms with Crippen molar-refractivity contribution in [2.45, 2.75) is 19.0 Å². The fourth-order valence-corrected chi connectivity index (χ4v) is 1.86. The molecule has 0 saturated heterocycles. The molecule has 0 spiro atoms. The lowest BCUT2D eigenvalue weighted by molar-refractivity contribution is -0.138. The molecule has 1 heterocycles. The molecule has 0 aliphatic heterocycles. The standard InChI is InChI=1S/C13H15ClN4O3/c14-10-3-1-2-4-12(10)21-6-5-18-8-9(16-17-18)7-11(15)13(19)20/h1-4,8,11H,5-7,15H2,(H,19,20). The molecular weight excluding hydrogens is 296 g/mol. The SMILES string of the molecule is NC(Cc1cn(CCOc2ccccc2Cl)nn1)C(=O)O. The van der Waals surface area contributed by atoms with E-state index in [0.29, 0.717) is 29.6 Å². The summed E-state index contributed by atoms with van der Waals surface area (Å²) >= 11 is 5.97. The number of rotatable bonds is 7. The molecule has 1 atom stereocenters. The Hall–Kier alpha value is -2.12. The predicted octanol–water partition coefficient (Wildman–Crippen LogP) is 0.965. The van der Waals surface area contributed by atoms with Crippen molar-refractivity contribution < 1.29 is 14.6 Å². The lowest BCUT2D eigenvalue weighted by Gasteiger charge is -2.07. The maximum Gasteiger partial charge on any atom is 0.320 e. The van der Waals surface area contributed by atoms with Crippen molar-refractivity contribution in [3.05, 3.63) is 41.2 Å². The molecule has 8 heteroatoms. The Morgan fingerprint density at radius 3 is 2.95 bits per heavy atom. The minimum atomic E-state index is -1.06. The second-order valence-corrected chi connectivity index (χ2v) is 4.81. The van der Waals surface area contributed by atoms with Crippen molar-refractivity contribution >= 4 is 17.6 Å². The molecule has 0 fully saturated rings. The Labute approximate surface area is 126 Å². The van der Waals surface area contributed by atoms with Crippen LogP contribution in [0, 0.1) is 0 Å². The molecular formula is C13H15ClN4O3. The van der Waals surface area contributed by atoms with Crippen molar-refractivity contribution in [1.29, 1.82) is 0 Å². The number of carboxylic acids is 1. The van der Waals surface area contributed by atoms with Crippen LogP contribution in [0.5, 0.6) is 5.75 Å². The molecule has 0 saturated carbocycles. The molecule has 3 N–H and O–H groups in total. The molecule has 0 radical (unpaired) electrons. The van der Waals surface area contributed by atoms with Crippen molar-refractivity contribution in [3.63, 3.8) is 0 Å². The molecule has 1 aromatic heterocycles. The van der Waals surface area contributed by atoms with Crippen LogP contribution in [-0.4, -0.2) is 38.7 Å². The quantitative estimate of drug-likeness (QED) is 0.789. The van der Waals surface area contributed by atoms with Gasteiger partial charge in [-0.15, -0.1) is 5.10 Å². The first-order chi connectivity index (χ1) is 10.1. The molecule has 0 bridgehead atoms. The van der Waals surface area contributed by atoms with Crippen molar-refractivity contribution in [2.75, 3.05) is 6.61 Å². The van der Waals surface area contributed by atoms with Crippen LogP contribution in [0.4, 0.5) is 0 Å². The summed E-state index contributed by atoms with van der Waals surface area (Å²) in [7, 11) is 0. The first-order valence-electron chi connectivity index (χ1n) is 6.31. The maximum atomic E-state index is 10.7. The van der Waals surface area contributed by atoms with Crippen LogP contribution in [0.15, 0.2) is 30.5 Å². The zero-order chi connectivity index (χ0) is 15.2. The maximum absolute atomic E-state index is 10.7. The number of ether oxygens (including phenoxy) is 1. The molecule has 0 amide bonds. The summed E-state index contributed by atoms with van der Waals surface area (Å²) in [4.78, 5) is 10.7. The van der Waals surface area contributed by atoms with Gasteiger partial charge in [0.05, 0.1) is 17.3 Å². The number of benzene rings is 1. The zero-order valence-electron chi connectivity index (χ0n) is 11.1. The van der Waals surface area contributed by atoms with Gasteiger partial charge in [0.2, 0.25) is 0 Å². The number of hydrogen-bond donors (Lipinski definition) is 2. The van der Waals surface area contributed by atoms with Crippen LogP contribution in [-0.2, 0) is 17.8 Å². The molecule has 2 aromatic rings. The molecule has 7 nitrogen and oxygen atoms in total. The van der Waals surface area contributed by atoms with E-state index in [1.807, 2.05) is 12.1 Å². The van der Waals surface area contributed by atoms with E-state index in [1.54, 1.807) is 23.0 Å². The predicted molar refractivity (Wildman–Crippen MR) is 76.3 cm³/mol. The van der Waals surface area contributed by atoms with Gasteiger partial charge in [0.1, 0.15) is 18.4 Å².